The Morgan fingerprint density at radius 3 is 2.65 bits per heavy atom. The van der Waals surface area contributed by atoms with Gasteiger partial charge < -0.3 is 19.3 Å². The third kappa shape index (κ3) is 2.86. The van der Waals surface area contributed by atoms with Crippen molar-refractivity contribution >= 4 is 22.2 Å². The van der Waals surface area contributed by atoms with Gasteiger partial charge in [-0.3, -0.25) is 4.79 Å². The molecule has 2 N–H and O–H groups in total. The number of aromatic hydroxyl groups is 1. The van der Waals surface area contributed by atoms with Gasteiger partial charge in [0.25, 0.3) is 0 Å². The van der Waals surface area contributed by atoms with E-state index in [0.717, 1.165) is 29.5 Å². The predicted octanol–water partition coefficient (Wildman–Crippen LogP) is 0.543. The number of nitrogens with one attached hydrogen (secondary N) is 1. The lowest BCUT2D eigenvalue weighted by Crippen LogP contribution is -3.15. The van der Waals surface area contributed by atoms with Crippen molar-refractivity contribution in [1.82, 2.24) is 19.5 Å². The Bertz CT molecular complexity index is 951. The summed E-state index contributed by atoms with van der Waals surface area (Å²) in [5, 5.41) is 15.0. The number of carbonyl (C=O) groups excluding carboxylic acids is 1. The minimum Gasteiger partial charge on any atom is -0.492 e. The van der Waals surface area contributed by atoms with E-state index in [-0.39, 0.29) is 17.8 Å². The Labute approximate surface area is 154 Å². The van der Waals surface area contributed by atoms with E-state index in [1.54, 1.807) is 13.8 Å². The van der Waals surface area contributed by atoms with Crippen LogP contribution in [0.3, 0.4) is 0 Å². The van der Waals surface area contributed by atoms with Crippen molar-refractivity contribution < 1.29 is 19.2 Å². The first kappa shape index (κ1) is 17.0. The molecule has 1 aliphatic rings. The molecule has 8 nitrogen and oxygen atoms in total. The lowest BCUT2D eigenvalue weighted by molar-refractivity contribution is -0.930. The van der Waals surface area contributed by atoms with Crippen LogP contribution >= 0.6 is 11.3 Å². The summed E-state index contributed by atoms with van der Waals surface area (Å²) in [4.78, 5) is 20.6. The molecule has 1 atom stereocenters. The van der Waals surface area contributed by atoms with Crippen LogP contribution in [-0.2, 0) is 4.79 Å². The van der Waals surface area contributed by atoms with E-state index >= 15 is 0 Å². The van der Waals surface area contributed by atoms with Crippen LogP contribution in [0.4, 0.5) is 0 Å². The third-order valence-corrected chi connectivity index (χ3v) is 5.96. The van der Waals surface area contributed by atoms with E-state index in [0.29, 0.717) is 23.9 Å². The fourth-order valence-corrected chi connectivity index (χ4v) is 4.72. The highest BCUT2D eigenvalue weighted by molar-refractivity contribution is 7.17. The molecule has 0 aromatic carbocycles. The molecule has 0 radical (unpaired) electrons. The van der Waals surface area contributed by atoms with Gasteiger partial charge in [0.05, 0.1) is 26.2 Å². The Morgan fingerprint density at radius 1 is 1.35 bits per heavy atom. The van der Waals surface area contributed by atoms with Crippen molar-refractivity contribution in [2.24, 2.45) is 0 Å². The van der Waals surface area contributed by atoms with Crippen LogP contribution in [0.15, 0.2) is 16.5 Å². The lowest BCUT2D eigenvalue weighted by Gasteiger charge is -2.35. The minimum absolute atomic E-state index is 0.103. The number of hydrogen-bond acceptors (Lipinski definition) is 6. The number of furan rings is 1. The summed E-state index contributed by atoms with van der Waals surface area (Å²) < 4.78 is 7.41. The van der Waals surface area contributed by atoms with Crippen molar-refractivity contribution in [3.05, 3.63) is 34.4 Å². The average Bonchev–Trinajstić information content (AvgIpc) is 3.26. The largest absolute Gasteiger partial charge is 0.492 e. The molecular formula is C17H22N5O3S+. The van der Waals surface area contributed by atoms with Crippen molar-refractivity contribution in [3.63, 3.8) is 0 Å². The van der Waals surface area contributed by atoms with E-state index in [1.165, 1.54) is 20.8 Å². The van der Waals surface area contributed by atoms with Gasteiger partial charge in [0.1, 0.15) is 16.5 Å². The molecule has 0 spiro atoms. The fraction of sp³-hybridized carbons (Fsp3) is 0.471. The van der Waals surface area contributed by atoms with E-state index in [2.05, 4.69) is 10.1 Å². The second-order valence-electron chi connectivity index (χ2n) is 6.69. The van der Waals surface area contributed by atoms with Crippen molar-refractivity contribution in [1.29, 1.82) is 0 Å². The molecule has 0 bridgehead atoms. The molecule has 3 aromatic heterocycles. The Kier molecular flexibility index (Phi) is 4.20. The van der Waals surface area contributed by atoms with Crippen LogP contribution in [0.25, 0.3) is 4.96 Å². The number of piperazine rings is 1. The standard InChI is InChI=1S/C17H21N5O3S/c1-10-4-5-13(25-10)14(21-8-6-20(7-9-21)12(3)23)15-16(24)22-17(26-15)18-11(2)19-22/h4-5,14,24H,6-9H2,1-3H3/p+1/t14-/m0/s1. The Hall–Kier alpha value is -2.39. The van der Waals surface area contributed by atoms with Crippen molar-refractivity contribution in [3.8, 4) is 5.88 Å². The second-order valence-corrected chi connectivity index (χ2v) is 7.70. The maximum absolute atomic E-state index is 11.6. The number of rotatable bonds is 3. The van der Waals surface area contributed by atoms with Gasteiger partial charge in [-0.15, -0.1) is 5.10 Å². The first-order valence-corrected chi connectivity index (χ1v) is 9.47. The quantitative estimate of drug-likeness (QED) is 0.697. The number of hydrogen-bond donors (Lipinski definition) is 2. The SMILES string of the molecule is CC(=O)N1CC[NH+]([C@@H](c2ccc(C)o2)c2sc3nc(C)nn3c2O)CC1. The molecule has 138 valence electrons. The molecule has 0 unspecified atom stereocenters. The summed E-state index contributed by atoms with van der Waals surface area (Å²) in [6.07, 6.45) is 0. The summed E-state index contributed by atoms with van der Waals surface area (Å²) in [5.41, 5.74) is 0. The molecule has 0 saturated carbocycles. The Balaban J connectivity index is 1.72. The molecule has 9 heteroatoms. The normalized spacial score (nSPS) is 17.1. The molecule has 0 aliphatic carbocycles. The first-order chi connectivity index (χ1) is 12.4. The monoisotopic (exact) mass is 376 g/mol. The minimum atomic E-state index is -0.147. The van der Waals surface area contributed by atoms with Gasteiger partial charge in [-0.2, -0.15) is 4.52 Å². The zero-order valence-electron chi connectivity index (χ0n) is 15.0. The molecule has 1 fully saturated rings. The summed E-state index contributed by atoms with van der Waals surface area (Å²) in [7, 11) is 0. The maximum Gasteiger partial charge on any atom is 0.235 e. The van der Waals surface area contributed by atoms with Crippen LogP contribution < -0.4 is 4.90 Å². The summed E-state index contributed by atoms with van der Waals surface area (Å²) in [6, 6.07) is 3.75. The summed E-state index contributed by atoms with van der Waals surface area (Å²) in [5.74, 6) is 2.50. The third-order valence-electron chi connectivity index (χ3n) is 4.87. The summed E-state index contributed by atoms with van der Waals surface area (Å²) in [6.45, 7) is 8.29. The topological polar surface area (TPSA) is 88.3 Å². The Morgan fingerprint density at radius 2 is 2.08 bits per heavy atom. The number of nitrogens with zero attached hydrogens (tertiary/aromatic N) is 4. The number of fused-ring (bicyclic) bond motifs is 1. The van der Waals surface area contributed by atoms with Crippen LogP contribution in [0.2, 0.25) is 0 Å². The molecule has 26 heavy (non-hydrogen) atoms. The van der Waals surface area contributed by atoms with Gasteiger partial charge in [-0.25, -0.2) is 4.98 Å². The summed E-state index contributed by atoms with van der Waals surface area (Å²) >= 11 is 1.44. The van der Waals surface area contributed by atoms with Crippen LogP contribution in [-0.4, -0.2) is 56.7 Å². The van der Waals surface area contributed by atoms with Gasteiger partial charge >= 0.3 is 0 Å². The molecule has 4 heterocycles. The van der Waals surface area contributed by atoms with Gasteiger partial charge in [-0.1, -0.05) is 11.3 Å². The number of amides is 1. The van der Waals surface area contributed by atoms with Crippen molar-refractivity contribution in [2.45, 2.75) is 26.8 Å². The molecule has 1 saturated heterocycles. The molecule has 3 aromatic rings. The number of quaternary nitrogens is 1. The number of aromatic nitrogens is 3. The molecular weight excluding hydrogens is 354 g/mol. The van der Waals surface area contributed by atoms with E-state index in [9.17, 15) is 9.90 Å². The lowest BCUT2D eigenvalue weighted by atomic mass is 10.1. The molecule has 1 aliphatic heterocycles. The van der Waals surface area contributed by atoms with Gasteiger partial charge in [0.15, 0.2) is 11.8 Å². The van der Waals surface area contributed by atoms with Crippen LogP contribution in [0.5, 0.6) is 5.88 Å². The average molecular weight is 376 g/mol. The molecule has 1 amide bonds. The smallest absolute Gasteiger partial charge is 0.235 e. The van der Waals surface area contributed by atoms with E-state index in [1.807, 2.05) is 24.0 Å². The number of carbonyl (C=O) groups is 1. The number of aryl methyl sites for hydroxylation is 2. The van der Waals surface area contributed by atoms with E-state index < -0.39 is 0 Å². The van der Waals surface area contributed by atoms with Crippen LogP contribution in [0.1, 0.15) is 35.2 Å². The van der Waals surface area contributed by atoms with Gasteiger partial charge in [-0.05, 0) is 26.0 Å². The first-order valence-electron chi connectivity index (χ1n) is 8.65. The number of thiazole rings is 1. The zero-order valence-corrected chi connectivity index (χ0v) is 15.8. The maximum atomic E-state index is 11.6. The predicted molar refractivity (Wildman–Crippen MR) is 95.5 cm³/mol. The highest BCUT2D eigenvalue weighted by atomic mass is 32.1. The molecule has 4 rings (SSSR count). The van der Waals surface area contributed by atoms with E-state index in [4.69, 9.17) is 4.42 Å². The highest BCUT2D eigenvalue weighted by Crippen LogP contribution is 2.35. The fourth-order valence-electron chi connectivity index (χ4n) is 3.56. The second kappa shape index (κ2) is 6.40. The highest BCUT2D eigenvalue weighted by Gasteiger charge is 2.37. The van der Waals surface area contributed by atoms with Crippen LogP contribution in [0, 0.1) is 13.8 Å². The zero-order chi connectivity index (χ0) is 18.4. The van der Waals surface area contributed by atoms with Crippen molar-refractivity contribution in [2.75, 3.05) is 26.2 Å². The van der Waals surface area contributed by atoms with Gasteiger partial charge in [0.2, 0.25) is 16.7 Å². The van der Waals surface area contributed by atoms with Gasteiger partial charge in [0, 0.05) is 6.92 Å².